The lowest BCUT2D eigenvalue weighted by Gasteiger charge is -2.06. The summed E-state index contributed by atoms with van der Waals surface area (Å²) in [5, 5.41) is 1.90. The number of halogens is 6. The van der Waals surface area contributed by atoms with Crippen LogP contribution in [0.5, 0.6) is 0 Å². The van der Waals surface area contributed by atoms with Crippen LogP contribution in [0, 0.1) is 0 Å². The van der Waals surface area contributed by atoms with Gasteiger partial charge in [-0.2, -0.15) is 26.3 Å². The number of anilines is 1. The quantitative estimate of drug-likeness (QED) is 0.363. The van der Waals surface area contributed by atoms with Gasteiger partial charge in [-0.05, 0) is 53.4 Å². The van der Waals surface area contributed by atoms with Gasteiger partial charge in [0.25, 0.3) is 0 Å². The molecule has 0 aliphatic carbocycles. The van der Waals surface area contributed by atoms with Gasteiger partial charge in [0.2, 0.25) is 0 Å². The second-order valence-electron chi connectivity index (χ2n) is 5.17. The molecular weight excluding hydrogens is 376 g/mol. The van der Waals surface area contributed by atoms with E-state index in [1.54, 1.807) is 0 Å². The second-order valence-corrected chi connectivity index (χ2v) is 6.12. The van der Waals surface area contributed by atoms with Crippen LogP contribution < -0.4 is 5.73 Å². The van der Waals surface area contributed by atoms with E-state index in [-0.39, 0.29) is 0 Å². The molecule has 1 aromatic heterocycles. The highest BCUT2D eigenvalue weighted by molar-refractivity contribution is 7.13. The molecule has 0 atom stereocenters. The zero-order valence-corrected chi connectivity index (χ0v) is 13.9. The summed E-state index contributed by atoms with van der Waals surface area (Å²) in [7, 11) is 0. The molecule has 1 heterocycles. The minimum Gasteiger partial charge on any atom is -0.399 e. The maximum atomic E-state index is 12.3. The van der Waals surface area contributed by atoms with Crippen molar-refractivity contribution >= 4 is 17.0 Å². The lowest BCUT2D eigenvalue weighted by Crippen LogP contribution is -2.04. The van der Waals surface area contributed by atoms with Crippen LogP contribution in [0.25, 0.3) is 10.4 Å². The molecule has 26 heavy (non-hydrogen) atoms. The average molecular weight is 389 g/mol. The van der Waals surface area contributed by atoms with E-state index in [9.17, 15) is 26.3 Å². The molecule has 0 aliphatic rings. The molecule has 138 valence electrons. The third-order valence-corrected chi connectivity index (χ3v) is 4.17. The molecule has 3 aromatic rings. The number of rotatable bonds is 1. The first-order chi connectivity index (χ1) is 12.1. The lowest BCUT2D eigenvalue weighted by molar-refractivity contribution is -0.138. The minimum atomic E-state index is -4.27. The molecule has 8 heteroatoms. The fourth-order valence-electron chi connectivity index (χ4n) is 1.94. The topological polar surface area (TPSA) is 26.0 Å². The maximum Gasteiger partial charge on any atom is 0.416 e. The third kappa shape index (κ3) is 5.52. The van der Waals surface area contributed by atoms with Crippen molar-refractivity contribution in [3.05, 3.63) is 77.2 Å². The van der Waals surface area contributed by atoms with E-state index in [1.807, 2.05) is 17.5 Å². The summed E-state index contributed by atoms with van der Waals surface area (Å²) in [4.78, 5) is 0.976. The van der Waals surface area contributed by atoms with Gasteiger partial charge in [-0.3, -0.25) is 0 Å². The van der Waals surface area contributed by atoms with Gasteiger partial charge in [0.15, 0.2) is 0 Å². The van der Waals surface area contributed by atoms with Crippen LogP contribution in [0.3, 0.4) is 0 Å². The van der Waals surface area contributed by atoms with Gasteiger partial charge in [-0.25, -0.2) is 0 Å². The number of nitrogen functional groups attached to an aromatic ring is 1. The Morgan fingerprint density at radius 2 is 1.12 bits per heavy atom. The highest BCUT2D eigenvalue weighted by Crippen LogP contribution is 2.32. The number of alkyl halides is 6. The summed E-state index contributed by atoms with van der Waals surface area (Å²) < 4.78 is 72.4. The molecule has 1 nitrogen and oxygen atoms in total. The molecule has 0 saturated carbocycles. The van der Waals surface area contributed by atoms with Crippen molar-refractivity contribution < 1.29 is 26.3 Å². The number of benzene rings is 2. The summed E-state index contributed by atoms with van der Waals surface area (Å²) in [5.74, 6) is 0. The Bertz CT molecular complexity index is 803. The monoisotopic (exact) mass is 389 g/mol. The first-order valence-electron chi connectivity index (χ1n) is 7.21. The Kier molecular flexibility index (Phi) is 5.97. The van der Waals surface area contributed by atoms with E-state index in [1.165, 1.54) is 35.6 Å². The third-order valence-electron chi connectivity index (χ3n) is 3.26. The number of nitrogens with two attached hydrogens (primary N) is 1. The van der Waals surface area contributed by atoms with Crippen LogP contribution in [0.15, 0.2) is 66.0 Å². The molecule has 0 radical (unpaired) electrons. The van der Waals surface area contributed by atoms with Crippen molar-refractivity contribution in [2.24, 2.45) is 0 Å². The second kappa shape index (κ2) is 7.82. The van der Waals surface area contributed by atoms with E-state index < -0.39 is 23.5 Å². The zero-order valence-electron chi connectivity index (χ0n) is 13.1. The highest BCUT2D eigenvalue weighted by Gasteiger charge is 2.30. The number of hydrogen-bond acceptors (Lipinski definition) is 2. The number of thiophene rings is 1. The predicted molar refractivity (Wildman–Crippen MR) is 90.6 cm³/mol. The average Bonchev–Trinajstić information content (AvgIpc) is 3.09. The summed E-state index contributed by atoms with van der Waals surface area (Å²) in [6.07, 6.45) is -8.53. The van der Waals surface area contributed by atoms with E-state index in [0.29, 0.717) is 5.69 Å². The predicted octanol–water partition coefficient (Wildman–Crippen LogP) is 6.72. The Balaban J connectivity index is 0.000000197. The van der Waals surface area contributed by atoms with E-state index >= 15 is 0 Å². The van der Waals surface area contributed by atoms with Gasteiger partial charge in [-0.1, -0.05) is 18.2 Å². The number of hydrogen-bond donors (Lipinski definition) is 1. The van der Waals surface area contributed by atoms with Crippen LogP contribution >= 0.6 is 11.3 Å². The Labute approximate surface area is 149 Å². The van der Waals surface area contributed by atoms with E-state index in [0.717, 1.165) is 34.7 Å². The van der Waals surface area contributed by atoms with Gasteiger partial charge in [0, 0.05) is 10.6 Å². The standard InChI is InChI=1S/C11H7F3S.C7H6F3N/c12-11(13,14)9-5-3-8(4-6-9)10-2-1-7-15-10;8-7(9,10)5-1-3-6(11)4-2-5/h1-7H;1-4H,11H2. The Morgan fingerprint density at radius 3 is 1.50 bits per heavy atom. The molecule has 0 spiro atoms. The molecule has 0 aliphatic heterocycles. The van der Waals surface area contributed by atoms with E-state index in [4.69, 9.17) is 5.73 Å². The molecule has 0 saturated heterocycles. The van der Waals surface area contributed by atoms with Gasteiger partial charge in [-0.15, -0.1) is 11.3 Å². The molecule has 2 aromatic carbocycles. The Morgan fingerprint density at radius 1 is 0.654 bits per heavy atom. The summed E-state index contributed by atoms with van der Waals surface area (Å²) in [5.41, 5.74) is 5.07. The molecule has 3 rings (SSSR count). The normalized spacial score (nSPS) is 11.6. The summed E-state index contributed by atoms with van der Waals surface area (Å²) >= 11 is 1.51. The maximum absolute atomic E-state index is 12.3. The summed E-state index contributed by atoms with van der Waals surface area (Å²) in [6, 6.07) is 13.3. The molecule has 0 unspecified atom stereocenters. The first-order valence-corrected chi connectivity index (χ1v) is 8.09. The SMILES string of the molecule is FC(F)(F)c1ccc(-c2cccs2)cc1.Nc1ccc(C(F)(F)F)cc1. The fraction of sp³-hybridized carbons (Fsp3) is 0.111. The van der Waals surface area contributed by atoms with Crippen molar-refractivity contribution in [3.8, 4) is 10.4 Å². The van der Waals surface area contributed by atoms with Crippen LogP contribution in [-0.2, 0) is 12.4 Å². The van der Waals surface area contributed by atoms with Crippen LogP contribution in [-0.4, -0.2) is 0 Å². The van der Waals surface area contributed by atoms with Gasteiger partial charge in [0.05, 0.1) is 11.1 Å². The molecule has 0 bridgehead atoms. The minimum absolute atomic E-state index is 0.331. The van der Waals surface area contributed by atoms with Crippen molar-refractivity contribution in [2.45, 2.75) is 12.4 Å². The Hall–Kier alpha value is -2.48. The van der Waals surface area contributed by atoms with Crippen molar-refractivity contribution in [2.75, 3.05) is 5.73 Å². The van der Waals surface area contributed by atoms with Crippen LogP contribution in [0.1, 0.15) is 11.1 Å². The lowest BCUT2D eigenvalue weighted by atomic mass is 10.1. The fourth-order valence-corrected chi connectivity index (χ4v) is 2.67. The summed E-state index contributed by atoms with van der Waals surface area (Å²) in [6.45, 7) is 0. The van der Waals surface area contributed by atoms with Crippen LogP contribution in [0.4, 0.5) is 32.0 Å². The molecule has 2 N–H and O–H groups in total. The van der Waals surface area contributed by atoms with Crippen molar-refractivity contribution in [1.82, 2.24) is 0 Å². The van der Waals surface area contributed by atoms with Crippen molar-refractivity contribution in [3.63, 3.8) is 0 Å². The van der Waals surface area contributed by atoms with E-state index in [2.05, 4.69) is 0 Å². The molecular formula is C18H13F6NS. The smallest absolute Gasteiger partial charge is 0.399 e. The van der Waals surface area contributed by atoms with Gasteiger partial charge < -0.3 is 5.73 Å². The largest absolute Gasteiger partial charge is 0.416 e. The van der Waals surface area contributed by atoms with Gasteiger partial charge >= 0.3 is 12.4 Å². The highest BCUT2D eigenvalue weighted by atomic mass is 32.1. The molecule has 0 fully saturated rings. The zero-order chi connectivity index (χ0) is 19.4. The molecule has 0 amide bonds. The van der Waals surface area contributed by atoms with Crippen LogP contribution in [0.2, 0.25) is 0 Å². The van der Waals surface area contributed by atoms with Crippen molar-refractivity contribution in [1.29, 1.82) is 0 Å². The first kappa shape index (κ1) is 19.8. The van der Waals surface area contributed by atoms with Gasteiger partial charge in [0.1, 0.15) is 0 Å².